The maximum Gasteiger partial charge on any atom is 0.251 e. The van der Waals surface area contributed by atoms with Crippen molar-refractivity contribution in [2.75, 3.05) is 19.1 Å². The molecule has 6 rings (SSSR count). The standard InChI is InChI=1S/C29H29F2N5O3S/c1-17-19-7-10-29(17,27-20(19)16-23(34-35(27)2)26-21(30)5-4-6-22(26)31)24-8-11-32-28(33-24)18-9-12-36(25(37)15-18)13-14-40(3,38)39/h4-6,8-9,11-12,15-17,19,34H,7,10,13-14H2,1-3H3/t17?,19-,29+/m1/s1. The molecule has 8 nitrogen and oxygen atoms in total. The maximum absolute atomic E-state index is 14.6. The zero-order chi connectivity index (χ0) is 28.4. The Balaban J connectivity index is 1.40. The second kappa shape index (κ2) is 9.36. The first-order valence-electron chi connectivity index (χ1n) is 13.1. The number of aryl methyl sites for hydroxylation is 1. The van der Waals surface area contributed by atoms with E-state index in [0.717, 1.165) is 36.1 Å². The number of rotatable bonds is 6. The molecule has 2 aliphatic carbocycles. The molecule has 40 heavy (non-hydrogen) atoms. The van der Waals surface area contributed by atoms with Crippen LogP contribution in [0, 0.1) is 23.5 Å². The number of hydrogen-bond acceptors (Lipinski definition) is 7. The zero-order valence-corrected chi connectivity index (χ0v) is 23.2. The minimum absolute atomic E-state index is 0.0728. The summed E-state index contributed by atoms with van der Waals surface area (Å²) in [4.78, 5) is 22.1. The molecule has 2 aromatic heterocycles. The Kier molecular flexibility index (Phi) is 6.17. The highest BCUT2D eigenvalue weighted by Gasteiger charge is 2.59. The SMILES string of the molecule is CC1[C@H]2CC[C@]1(c1ccnc(-c3ccn(CCS(C)(=O)=O)c(=O)c3)n1)C1=C2C=C(c2c(F)cccc2F)NN1C. The number of hydrazine groups is 1. The highest BCUT2D eigenvalue weighted by molar-refractivity contribution is 7.90. The number of nitrogens with one attached hydrogen (secondary N) is 1. The second-order valence-electron chi connectivity index (χ2n) is 10.9. The fourth-order valence-corrected chi connectivity index (χ4v) is 7.23. The summed E-state index contributed by atoms with van der Waals surface area (Å²) in [5.41, 5.74) is 6.15. The third kappa shape index (κ3) is 4.14. The highest BCUT2D eigenvalue weighted by atomic mass is 32.2. The van der Waals surface area contributed by atoms with Crippen molar-refractivity contribution in [1.29, 1.82) is 0 Å². The molecule has 2 bridgehead atoms. The molecule has 3 atom stereocenters. The van der Waals surface area contributed by atoms with Gasteiger partial charge in [-0.2, -0.15) is 0 Å². The van der Waals surface area contributed by atoms with Crippen LogP contribution >= 0.6 is 0 Å². The topological polar surface area (TPSA) is 97.2 Å². The average molecular weight is 566 g/mol. The van der Waals surface area contributed by atoms with Crippen LogP contribution in [0.25, 0.3) is 17.1 Å². The summed E-state index contributed by atoms with van der Waals surface area (Å²) >= 11 is 0. The molecule has 3 heterocycles. The summed E-state index contributed by atoms with van der Waals surface area (Å²) in [6.07, 6.45) is 8.02. The van der Waals surface area contributed by atoms with E-state index in [1.807, 2.05) is 24.2 Å². The molecule has 1 N–H and O–H groups in total. The van der Waals surface area contributed by atoms with E-state index in [4.69, 9.17) is 4.98 Å². The largest absolute Gasteiger partial charge is 0.314 e. The first kappa shape index (κ1) is 26.4. The Morgan fingerprint density at radius 2 is 1.93 bits per heavy atom. The molecule has 0 amide bonds. The Morgan fingerprint density at radius 1 is 1.18 bits per heavy atom. The number of benzene rings is 1. The van der Waals surface area contributed by atoms with Crippen molar-refractivity contribution < 1.29 is 17.2 Å². The number of allylic oxidation sites excluding steroid dienone is 3. The summed E-state index contributed by atoms with van der Waals surface area (Å²) in [5.74, 6) is -0.601. The Morgan fingerprint density at radius 3 is 2.62 bits per heavy atom. The summed E-state index contributed by atoms with van der Waals surface area (Å²) < 4.78 is 53.7. The van der Waals surface area contributed by atoms with Crippen LogP contribution < -0.4 is 11.0 Å². The van der Waals surface area contributed by atoms with E-state index in [9.17, 15) is 22.0 Å². The van der Waals surface area contributed by atoms with E-state index in [-0.39, 0.29) is 35.3 Å². The maximum atomic E-state index is 14.6. The monoisotopic (exact) mass is 565 g/mol. The molecule has 1 unspecified atom stereocenters. The minimum Gasteiger partial charge on any atom is -0.314 e. The predicted octanol–water partition coefficient (Wildman–Crippen LogP) is 3.67. The molecule has 0 saturated heterocycles. The van der Waals surface area contributed by atoms with Crippen LogP contribution in [-0.4, -0.2) is 47.0 Å². The summed E-state index contributed by atoms with van der Waals surface area (Å²) in [5, 5.41) is 1.86. The van der Waals surface area contributed by atoms with E-state index >= 15 is 0 Å². The van der Waals surface area contributed by atoms with Gasteiger partial charge < -0.3 is 4.57 Å². The lowest BCUT2D eigenvalue weighted by Gasteiger charge is -2.41. The van der Waals surface area contributed by atoms with E-state index in [2.05, 4.69) is 17.3 Å². The minimum atomic E-state index is -3.20. The summed E-state index contributed by atoms with van der Waals surface area (Å²) in [6, 6.07) is 8.89. The third-order valence-electron chi connectivity index (χ3n) is 8.55. The quantitative estimate of drug-likeness (QED) is 0.487. The van der Waals surface area contributed by atoms with Crippen LogP contribution in [0.15, 0.2) is 70.9 Å². The number of aromatic nitrogens is 3. The van der Waals surface area contributed by atoms with Gasteiger partial charge in [0, 0.05) is 43.9 Å². The Bertz CT molecular complexity index is 1750. The lowest BCUT2D eigenvalue weighted by atomic mass is 9.74. The van der Waals surface area contributed by atoms with Crippen LogP contribution in [0.1, 0.15) is 31.0 Å². The van der Waals surface area contributed by atoms with Gasteiger partial charge in [0.2, 0.25) is 0 Å². The molecule has 0 spiro atoms. The molecule has 208 valence electrons. The molecular formula is C29H29F2N5O3S. The molecule has 1 saturated carbocycles. The fraction of sp³-hybridized carbons (Fsp3) is 0.345. The molecule has 3 aliphatic rings. The summed E-state index contributed by atoms with van der Waals surface area (Å²) in [6.45, 7) is 2.26. The predicted molar refractivity (Wildman–Crippen MR) is 147 cm³/mol. The number of likely N-dealkylation sites (N-methyl/N-ethyl adjacent to an activating group) is 1. The van der Waals surface area contributed by atoms with Gasteiger partial charge in [-0.3, -0.25) is 15.2 Å². The number of fused-ring (bicyclic) bond motifs is 4. The van der Waals surface area contributed by atoms with Gasteiger partial charge in [-0.25, -0.2) is 27.2 Å². The van der Waals surface area contributed by atoms with Crippen LogP contribution in [0.4, 0.5) is 8.78 Å². The van der Waals surface area contributed by atoms with Gasteiger partial charge in [0.15, 0.2) is 5.82 Å². The molecule has 11 heteroatoms. The van der Waals surface area contributed by atoms with Crippen molar-refractivity contribution >= 4 is 15.5 Å². The smallest absolute Gasteiger partial charge is 0.251 e. The van der Waals surface area contributed by atoms with Gasteiger partial charge in [0.25, 0.3) is 5.56 Å². The van der Waals surface area contributed by atoms with Crippen LogP contribution in [0.2, 0.25) is 0 Å². The van der Waals surface area contributed by atoms with Crippen molar-refractivity contribution in [2.45, 2.75) is 31.7 Å². The number of hydrogen-bond donors (Lipinski definition) is 1. The van der Waals surface area contributed by atoms with Gasteiger partial charge in [0.1, 0.15) is 21.5 Å². The van der Waals surface area contributed by atoms with Gasteiger partial charge in [0.05, 0.1) is 33.8 Å². The molecule has 1 fully saturated rings. The van der Waals surface area contributed by atoms with Crippen molar-refractivity contribution in [1.82, 2.24) is 25.0 Å². The first-order chi connectivity index (χ1) is 19.0. The van der Waals surface area contributed by atoms with Gasteiger partial charge in [-0.15, -0.1) is 0 Å². The molecular weight excluding hydrogens is 536 g/mol. The molecule has 1 aliphatic heterocycles. The van der Waals surface area contributed by atoms with Gasteiger partial charge in [-0.05, 0) is 60.6 Å². The van der Waals surface area contributed by atoms with E-state index in [1.54, 1.807) is 18.5 Å². The molecule has 1 aromatic carbocycles. The third-order valence-corrected chi connectivity index (χ3v) is 9.48. The fourth-order valence-electron chi connectivity index (χ4n) is 6.70. The Hall–Kier alpha value is -3.86. The van der Waals surface area contributed by atoms with Crippen molar-refractivity contribution in [3.05, 3.63) is 99.4 Å². The van der Waals surface area contributed by atoms with E-state index in [1.165, 1.54) is 28.8 Å². The first-order valence-corrected chi connectivity index (χ1v) is 15.2. The second-order valence-corrected chi connectivity index (χ2v) is 13.1. The molecule has 3 aromatic rings. The van der Waals surface area contributed by atoms with Crippen molar-refractivity contribution in [3.63, 3.8) is 0 Å². The van der Waals surface area contributed by atoms with Crippen LogP contribution in [0.3, 0.4) is 0 Å². The van der Waals surface area contributed by atoms with Crippen LogP contribution in [0.5, 0.6) is 0 Å². The Labute approximate surface area is 231 Å². The lowest BCUT2D eigenvalue weighted by Crippen LogP contribution is -2.45. The van der Waals surface area contributed by atoms with Crippen molar-refractivity contribution in [2.24, 2.45) is 11.8 Å². The van der Waals surface area contributed by atoms with E-state index in [0.29, 0.717) is 17.1 Å². The summed E-state index contributed by atoms with van der Waals surface area (Å²) in [7, 11) is -1.35. The average Bonchev–Trinajstić information content (AvgIpc) is 3.36. The lowest BCUT2D eigenvalue weighted by molar-refractivity contribution is 0.259. The van der Waals surface area contributed by atoms with Crippen LogP contribution in [-0.2, 0) is 21.8 Å². The van der Waals surface area contributed by atoms with E-state index < -0.39 is 26.9 Å². The molecule has 0 radical (unpaired) electrons. The number of nitrogens with zero attached hydrogens (tertiary/aromatic N) is 4. The number of sulfone groups is 1. The van der Waals surface area contributed by atoms with Gasteiger partial charge >= 0.3 is 0 Å². The number of pyridine rings is 1. The normalized spacial score (nSPS) is 23.7. The number of halogens is 2. The highest BCUT2D eigenvalue weighted by Crippen LogP contribution is 2.63. The van der Waals surface area contributed by atoms with Gasteiger partial charge in [-0.1, -0.05) is 13.0 Å². The van der Waals surface area contributed by atoms with Crippen molar-refractivity contribution in [3.8, 4) is 11.4 Å². The zero-order valence-electron chi connectivity index (χ0n) is 22.4.